The maximum absolute atomic E-state index is 11.7. The molecule has 1 aromatic carbocycles. The third-order valence-electron chi connectivity index (χ3n) is 4.17. The number of amides is 1. The molecule has 0 saturated carbocycles. The Labute approximate surface area is 139 Å². The van der Waals surface area contributed by atoms with Crippen LogP contribution < -0.4 is 5.73 Å². The van der Waals surface area contributed by atoms with Gasteiger partial charge in [0.15, 0.2) is 5.66 Å². The molecule has 9 heteroatoms. The molecule has 1 aromatic heterocycles. The fraction of sp³-hybridized carbons (Fsp3) is 0.467. The number of tetrazole rings is 1. The van der Waals surface area contributed by atoms with Gasteiger partial charge in [0.1, 0.15) is 0 Å². The minimum absolute atomic E-state index is 0.164. The average Bonchev–Trinajstić information content (AvgIpc) is 3.02. The number of likely N-dealkylation sites (tertiary alicyclic amines) is 1. The molecule has 9 nitrogen and oxygen atoms in total. The smallest absolute Gasteiger partial charge is 0.409 e. The van der Waals surface area contributed by atoms with E-state index in [-0.39, 0.29) is 18.5 Å². The number of rotatable bonds is 4. The van der Waals surface area contributed by atoms with Crippen LogP contribution in [0.15, 0.2) is 30.3 Å². The zero-order valence-electron chi connectivity index (χ0n) is 13.4. The highest BCUT2D eigenvalue weighted by Gasteiger charge is 2.46. The molecule has 1 aliphatic rings. The van der Waals surface area contributed by atoms with Crippen molar-refractivity contribution in [1.82, 2.24) is 25.1 Å². The van der Waals surface area contributed by atoms with Crippen LogP contribution in [0.2, 0.25) is 0 Å². The van der Waals surface area contributed by atoms with E-state index in [1.165, 1.54) is 4.80 Å². The fourth-order valence-electron chi connectivity index (χ4n) is 2.84. The number of carbonyl (C=O) groups is 1. The number of hydrogen-bond donors (Lipinski definition) is 2. The Morgan fingerprint density at radius 2 is 2.21 bits per heavy atom. The highest BCUT2D eigenvalue weighted by Crippen LogP contribution is 2.32. The number of nitrogens with zero attached hydrogens (tertiary/aromatic N) is 5. The first-order valence-corrected chi connectivity index (χ1v) is 7.68. The first kappa shape index (κ1) is 16.3. The van der Waals surface area contributed by atoms with Crippen molar-refractivity contribution in [3.05, 3.63) is 41.7 Å². The van der Waals surface area contributed by atoms with Gasteiger partial charge in [0.2, 0.25) is 5.82 Å². The minimum atomic E-state index is -1.29. The van der Waals surface area contributed by atoms with Gasteiger partial charge in [-0.1, -0.05) is 30.3 Å². The van der Waals surface area contributed by atoms with Gasteiger partial charge in [0.25, 0.3) is 0 Å². The zero-order valence-corrected chi connectivity index (χ0v) is 13.4. The van der Waals surface area contributed by atoms with Crippen LogP contribution in [0.4, 0.5) is 4.79 Å². The molecule has 0 aliphatic carbocycles. The van der Waals surface area contributed by atoms with Gasteiger partial charge < -0.3 is 15.6 Å². The summed E-state index contributed by atoms with van der Waals surface area (Å²) in [5.74, 6) is 0.203. The van der Waals surface area contributed by atoms with Crippen molar-refractivity contribution in [1.29, 1.82) is 0 Å². The molecule has 1 amide bonds. The van der Waals surface area contributed by atoms with E-state index in [0.717, 1.165) is 10.5 Å². The number of piperidine rings is 1. The van der Waals surface area contributed by atoms with E-state index in [1.54, 1.807) is 7.05 Å². The average molecular weight is 332 g/mol. The summed E-state index contributed by atoms with van der Waals surface area (Å²) in [6.45, 7) is 0.594. The lowest BCUT2D eigenvalue weighted by Gasteiger charge is -2.43. The van der Waals surface area contributed by atoms with Crippen LogP contribution in [0, 0.1) is 0 Å². The Hall–Kier alpha value is -2.52. The van der Waals surface area contributed by atoms with Crippen molar-refractivity contribution < 1.29 is 14.6 Å². The monoisotopic (exact) mass is 332 g/mol. The van der Waals surface area contributed by atoms with Crippen molar-refractivity contribution >= 4 is 6.09 Å². The molecule has 128 valence electrons. The molecule has 1 aliphatic heterocycles. The SMILES string of the molecule is Cn1nnc(C2(N)CCC(OCc3ccccc3)CN2C(=O)O)n1. The van der Waals surface area contributed by atoms with Crippen LogP contribution in [0.1, 0.15) is 24.2 Å². The van der Waals surface area contributed by atoms with Crippen molar-refractivity contribution in [3.8, 4) is 0 Å². The Bertz CT molecular complexity index is 706. The van der Waals surface area contributed by atoms with Gasteiger partial charge in [-0.15, -0.1) is 10.2 Å². The van der Waals surface area contributed by atoms with E-state index in [2.05, 4.69) is 15.4 Å². The maximum atomic E-state index is 11.7. The first-order chi connectivity index (χ1) is 11.5. The van der Waals surface area contributed by atoms with E-state index >= 15 is 0 Å². The molecule has 3 rings (SSSR count). The van der Waals surface area contributed by atoms with E-state index in [1.807, 2.05) is 30.3 Å². The second kappa shape index (κ2) is 6.54. The normalized spacial score (nSPS) is 24.1. The van der Waals surface area contributed by atoms with Crippen molar-refractivity contribution in [3.63, 3.8) is 0 Å². The first-order valence-electron chi connectivity index (χ1n) is 7.68. The molecule has 0 spiro atoms. The molecule has 2 unspecified atom stereocenters. The van der Waals surface area contributed by atoms with E-state index < -0.39 is 11.8 Å². The second-order valence-corrected chi connectivity index (χ2v) is 5.88. The van der Waals surface area contributed by atoms with Crippen LogP contribution in [-0.2, 0) is 24.1 Å². The fourth-order valence-corrected chi connectivity index (χ4v) is 2.84. The number of nitrogens with two attached hydrogens (primary N) is 1. The summed E-state index contributed by atoms with van der Waals surface area (Å²) in [4.78, 5) is 14.1. The summed E-state index contributed by atoms with van der Waals surface area (Å²) >= 11 is 0. The summed E-state index contributed by atoms with van der Waals surface area (Å²) in [7, 11) is 1.61. The number of benzene rings is 1. The number of carboxylic acid groups (broad SMARTS) is 1. The predicted octanol–water partition coefficient (Wildman–Crippen LogP) is 0.681. The number of aryl methyl sites for hydroxylation is 1. The summed E-state index contributed by atoms with van der Waals surface area (Å²) in [5.41, 5.74) is 6.08. The van der Waals surface area contributed by atoms with Crippen LogP contribution in [0.5, 0.6) is 0 Å². The van der Waals surface area contributed by atoms with Crippen LogP contribution in [0.3, 0.4) is 0 Å². The highest BCUT2D eigenvalue weighted by molar-refractivity contribution is 5.66. The van der Waals surface area contributed by atoms with Crippen molar-refractivity contribution in [2.45, 2.75) is 31.2 Å². The summed E-state index contributed by atoms with van der Waals surface area (Å²) in [6.07, 6.45) is -0.372. The molecule has 2 heterocycles. The third-order valence-corrected chi connectivity index (χ3v) is 4.17. The molecule has 1 fully saturated rings. The molecule has 2 aromatic rings. The van der Waals surface area contributed by atoms with Gasteiger partial charge in [0.05, 0.1) is 26.3 Å². The predicted molar refractivity (Wildman–Crippen MR) is 83.6 cm³/mol. The summed E-state index contributed by atoms with van der Waals surface area (Å²) in [5, 5.41) is 21.3. The Morgan fingerprint density at radius 3 is 2.83 bits per heavy atom. The molecular formula is C15H20N6O3. The molecule has 0 bridgehead atoms. The lowest BCUT2D eigenvalue weighted by Crippen LogP contribution is -2.61. The zero-order chi connectivity index (χ0) is 17.2. The number of aromatic nitrogens is 4. The molecule has 24 heavy (non-hydrogen) atoms. The van der Waals surface area contributed by atoms with Gasteiger partial charge in [0, 0.05) is 0 Å². The Balaban J connectivity index is 1.70. The quantitative estimate of drug-likeness (QED) is 0.845. The molecular weight excluding hydrogens is 312 g/mol. The van der Waals surface area contributed by atoms with Gasteiger partial charge in [-0.3, -0.25) is 4.90 Å². The minimum Gasteiger partial charge on any atom is -0.465 e. The van der Waals surface area contributed by atoms with E-state index in [4.69, 9.17) is 10.5 Å². The van der Waals surface area contributed by atoms with Crippen molar-refractivity contribution in [2.75, 3.05) is 6.54 Å². The third kappa shape index (κ3) is 3.22. The highest BCUT2D eigenvalue weighted by atomic mass is 16.5. The van der Waals surface area contributed by atoms with Gasteiger partial charge in [-0.05, 0) is 23.6 Å². The van der Waals surface area contributed by atoms with Gasteiger partial charge in [-0.25, -0.2) is 4.79 Å². The molecule has 0 radical (unpaired) electrons. The topological polar surface area (TPSA) is 119 Å². The standard InChI is InChI=1S/C15H20N6O3/c1-20-18-13(17-19-20)15(16)8-7-12(9-21(15)14(22)23)24-10-11-5-3-2-4-6-11/h2-6,12H,7-10,16H2,1H3,(H,22,23). The van der Waals surface area contributed by atoms with Gasteiger partial charge in [-0.2, -0.15) is 4.80 Å². The van der Waals surface area contributed by atoms with Crippen molar-refractivity contribution in [2.24, 2.45) is 12.8 Å². The number of hydrogen-bond acceptors (Lipinski definition) is 6. The van der Waals surface area contributed by atoms with Crippen LogP contribution >= 0.6 is 0 Å². The Morgan fingerprint density at radius 1 is 1.46 bits per heavy atom. The maximum Gasteiger partial charge on any atom is 0.409 e. The van der Waals surface area contributed by atoms with Crippen LogP contribution in [-0.4, -0.2) is 49.0 Å². The summed E-state index contributed by atoms with van der Waals surface area (Å²) in [6, 6.07) is 9.75. The number of ether oxygens (including phenoxy) is 1. The lowest BCUT2D eigenvalue weighted by atomic mass is 9.94. The Kier molecular flexibility index (Phi) is 4.45. The summed E-state index contributed by atoms with van der Waals surface area (Å²) < 4.78 is 5.86. The molecule has 3 N–H and O–H groups in total. The molecule has 1 saturated heterocycles. The van der Waals surface area contributed by atoms with Crippen LogP contribution in [0.25, 0.3) is 0 Å². The van der Waals surface area contributed by atoms with Gasteiger partial charge >= 0.3 is 6.09 Å². The largest absolute Gasteiger partial charge is 0.465 e. The lowest BCUT2D eigenvalue weighted by molar-refractivity contribution is -0.0555. The molecule has 2 atom stereocenters. The van der Waals surface area contributed by atoms with E-state index in [0.29, 0.717) is 19.4 Å². The van der Waals surface area contributed by atoms with E-state index in [9.17, 15) is 9.90 Å². The second-order valence-electron chi connectivity index (χ2n) is 5.88.